The topological polar surface area (TPSA) is 37.6 Å². The molecule has 1 fully saturated rings. The zero-order chi connectivity index (χ0) is 12.5. The molecule has 3 rings (SSSR count). The van der Waals surface area contributed by atoms with Crippen LogP contribution in [0, 0.1) is 5.92 Å². The number of thiazole rings is 1. The van der Waals surface area contributed by atoms with Crippen LogP contribution in [0.2, 0.25) is 0 Å². The van der Waals surface area contributed by atoms with Gasteiger partial charge in [0, 0.05) is 30.7 Å². The van der Waals surface area contributed by atoms with E-state index in [1.54, 1.807) is 16.7 Å². The number of fused-ring (bicyclic) bond motifs is 1. The van der Waals surface area contributed by atoms with Crippen LogP contribution in [-0.2, 0) is 6.54 Å². The molecule has 0 bridgehead atoms. The number of hydrogen-bond acceptors (Lipinski definition) is 4. The Morgan fingerprint density at radius 3 is 3.28 bits per heavy atom. The smallest absolute Gasteiger partial charge is 0.258 e. The molecule has 1 saturated heterocycles. The molecule has 1 aliphatic rings. The summed E-state index contributed by atoms with van der Waals surface area (Å²) < 4.78 is 1.60. The average molecular weight is 263 g/mol. The quantitative estimate of drug-likeness (QED) is 0.831. The molecule has 3 heterocycles. The van der Waals surface area contributed by atoms with E-state index in [9.17, 15) is 4.79 Å². The predicted molar refractivity (Wildman–Crippen MR) is 73.0 cm³/mol. The molecule has 0 radical (unpaired) electrons. The maximum absolute atomic E-state index is 11.9. The summed E-state index contributed by atoms with van der Waals surface area (Å²) in [4.78, 5) is 19.6. The molecule has 1 aliphatic heterocycles. The van der Waals surface area contributed by atoms with Crippen LogP contribution in [0.4, 0.5) is 0 Å². The first-order valence-corrected chi connectivity index (χ1v) is 7.28. The van der Waals surface area contributed by atoms with Gasteiger partial charge >= 0.3 is 0 Å². The van der Waals surface area contributed by atoms with Gasteiger partial charge in [-0.05, 0) is 25.3 Å². The van der Waals surface area contributed by atoms with Crippen molar-refractivity contribution >= 4 is 16.3 Å². The van der Waals surface area contributed by atoms with E-state index in [1.807, 2.05) is 5.38 Å². The van der Waals surface area contributed by atoms with Gasteiger partial charge in [-0.25, -0.2) is 4.98 Å². The highest BCUT2D eigenvalue weighted by Crippen LogP contribution is 2.17. The summed E-state index contributed by atoms with van der Waals surface area (Å²) in [6.45, 7) is 5.33. The Kier molecular flexibility index (Phi) is 3.18. The Balaban J connectivity index is 1.83. The molecule has 0 aliphatic carbocycles. The molecule has 0 unspecified atom stereocenters. The summed E-state index contributed by atoms with van der Waals surface area (Å²) >= 11 is 1.51. The van der Waals surface area contributed by atoms with Crippen molar-refractivity contribution in [3.8, 4) is 0 Å². The number of rotatable bonds is 2. The maximum atomic E-state index is 11.9. The van der Waals surface area contributed by atoms with E-state index in [0.717, 1.165) is 36.2 Å². The minimum atomic E-state index is 0.0290. The van der Waals surface area contributed by atoms with Crippen LogP contribution in [-0.4, -0.2) is 27.4 Å². The Labute approximate surface area is 110 Å². The molecule has 18 heavy (non-hydrogen) atoms. The fraction of sp³-hybridized carbons (Fsp3) is 0.538. The first-order chi connectivity index (χ1) is 8.72. The van der Waals surface area contributed by atoms with Crippen LogP contribution in [0.5, 0.6) is 0 Å². The zero-order valence-corrected chi connectivity index (χ0v) is 11.3. The molecule has 4 nitrogen and oxygen atoms in total. The highest BCUT2D eigenvalue weighted by atomic mass is 32.1. The molecule has 0 N–H and O–H groups in total. The lowest BCUT2D eigenvalue weighted by atomic mass is 10.0. The number of likely N-dealkylation sites (tertiary alicyclic amines) is 1. The SMILES string of the molecule is C[C@@H]1CCCN(Cc2cc(=O)n3ccsc3n2)C1. The van der Waals surface area contributed by atoms with Gasteiger partial charge in [0.1, 0.15) is 0 Å². The fourth-order valence-electron chi connectivity index (χ4n) is 2.63. The lowest BCUT2D eigenvalue weighted by Gasteiger charge is -2.30. The third-order valence-corrected chi connectivity index (χ3v) is 4.24. The summed E-state index contributed by atoms with van der Waals surface area (Å²) in [6.07, 6.45) is 4.35. The van der Waals surface area contributed by atoms with Crippen LogP contribution in [0.15, 0.2) is 22.4 Å². The Bertz CT molecular complexity index is 604. The van der Waals surface area contributed by atoms with E-state index in [1.165, 1.54) is 24.2 Å². The molecule has 0 amide bonds. The van der Waals surface area contributed by atoms with Gasteiger partial charge in [0.25, 0.3) is 5.56 Å². The van der Waals surface area contributed by atoms with E-state index >= 15 is 0 Å². The molecule has 0 aromatic carbocycles. The standard InChI is InChI=1S/C13H17N3OS/c1-10-3-2-4-15(8-10)9-11-7-12(17)16-5-6-18-13(16)14-11/h5-7,10H,2-4,8-9H2,1H3/t10-/m1/s1. The molecule has 96 valence electrons. The highest BCUT2D eigenvalue weighted by Gasteiger charge is 2.17. The van der Waals surface area contributed by atoms with Crippen molar-refractivity contribution in [1.29, 1.82) is 0 Å². The van der Waals surface area contributed by atoms with E-state index in [2.05, 4.69) is 16.8 Å². The number of hydrogen-bond donors (Lipinski definition) is 0. The highest BCUT2D eigenvalue weighted by molar-refractivity contribution is 7.15. The minimum absolute atomic E-state index is 0.0290. The molecule has 2 aromatic rings. The van der Waals surface area contributed by atoms with E-state index in [-0.39, 0.29) is 5.56 Å². The summed E-state index contributed by atoms with van der Waals surface area (Å²) in [5, 5.41) is 1.90. The monoisotopic (exact) mass is 263 g/mol. The van der Waals surface area contributed by atoms with E-state index in [4.69, 9.17) is 0 Å². The second-order valence-corrected chi connectivity index (χ2v) is 6.00. The molecule has 1 atom stereocenters. The number of aromatic nitrogens is 2. The average Bonchev–Trinajstić information content (AvgIpc) is 2.77. The van der Waals surface area contributed by atoms with Gasteiger partial charge < -0.3 is 0 Å². The molecule has 5 heteroatoms. The van der Waals surface area contributed by atoms with Crippen molar-refractivity contribution < 1.29 is 0 Å². The van der Waals surface area contributed by atoms with Crippen LogP contribution in [0.3, 0.4) is 0 Å². The summed E-state index contributed by atoms with van der Waals surface area (Å²) in [7, 11) is 0. The first kappa shape index (κ1) is 11.9. The first-order valence-electron chi connectivity index (χ1n) is 6.40. The third kappa shape index (κ3) is 2.33. The predicted octanol–water partition coefficient (Wildman–Crippen LogP) is 1.99. The van der Waals surface area contributed by atoms with Gasteiger partial charge in [-0.2, -0.15) is 0 Å². The van der Waals surface area contributed by atoms with E-state index in [0.29, 0.717) is 0 Å². The summed E-state index contributed by atoms with van der Waals surface area (Å²) in [5.74, 6) is 0.755. The van der Waals surface area contributed by atoms with Crippen molar-refractivity contribution in [1.82, 2.24) is 14.3 Å². The van der Waals surface area contributed by atoms with Crippen molar-refractivity contribution in [2.45, 2.75) is 26.3 Å². The van der Waals surface area contributed by atoms with Crippen molar-refractivity contribution in [2.75, 3.05) is 13.1 Å². The molecule has 0 spiro atoms. The van der Waals surface area contributed by atoms with Gasteiger partial charge in [0.15, 0.2) is 4.96 Å². The van der Waals surface area contributed by atoms with Crippen LogP contribution < -0.4 is 5.56 Å². The lowest BCUT2D eigenvalue weighted by molar-refractivity contribution is 0.175. The zero-order valence-electron chi connectivity index (χ0n) is 10.5. The van der Waals surface area contributed by atoms with Gasteiger partial charge in [-0.3, -0.25) is 14.1 Å². The largest absolute Gasteiger partial charge is 0.297 e. The van der Waals surface area contributed by atoms with Gasteiger partial charge in [-0.1, -0.05) is 6.92 Å². The molecular weight excluding hydrogens is 246 g/mol. The lowest BCUT2D eigenvalue weighted by Crippen LogP contribution is -2.34. The van der Waals surface area contributed by atoms with E-state index < -0.39 is 0 Å². The van der Waals surface area contributed by atoms with Gasteiger partial charge in [0.05, 0.1) is 5.69 Å². The van der Waals surface area contributed by atoms with Crippen molar-refractivity contribution in [2.24, 2.45) is 5.92 Å². The van der Waals surface area contributed by atoms with Crippen LogP contribution in [0.1, 0.15) is 25.5 Å². The number of nitrogens with zero attached hydrogens (tertiary/aromatic N) is 3. The fourth-order valence-corrected chi connectivity index (χ4v) is 3.37. The Hall–Kier alpha value is -1.20. The Morgan fingerprint density at radius 2 is 2.44 bits per heavy atom. The third-order valence-electron chi connectivity index (χ3n) is 3.48. The minimum Gasteiger partial charge on any atom is -0.297 e. The van der Waals surface area contributed by atoms with Crippen molar-refractivity contribution in [3.05, 3.63) is 33.7 Å². The van der Waals surface area contributed by atoms with Crippen molar-refractivity contribution in [3.63, 3.8) is 0 Å². The Morgan fingerprint density at radius 1 is 1.56 bits per heavy atom. The maximum Gasteiger partial charge on any atom is 0.258 e. The normalized spacial score (nSPS) is 21.5. The molecule has 2 aromatic heterocycles. The molecule has 0 saturated carbocycles. The second kappa shape index (κ2) is 4.82. The van der Waals surface area contributed by atoms with Crippen LogP contribution >= 0.6 is 11.3 Å². The van der Waals surface area contributed by atoms with Gasteiger partial charge in [-0.15, -0.1) is 11.3 Å². The van der Waals surface area contributed by atoms with Crippen LogP contribution in [0.25, 0.3) is 4.96 Å². The summed E-state index contributed by atoms with van der Waals surface area (Å²) in [5.41, 5.74) is 0.929. The second-order valence-electron chi connectivity index (χ2n) is 5.12. The summed E-state index contributed by atoms with van der Waals surface area (Å²) in [6, 6.07) is 1.67. The number of piperidine rings is 1. The molecular formula is C13H17N3OS. The van der Waals surface area contributed by atoms with Gasteiger partial charge in [0.2, 0.25) is 0 Å².